The summed E-state index contributed by atoms with van der Waals surface area (Å²) < 4.78 is 5.66. The van der Waals surface area contributed by atoms with Gasteiger partial charge >= 0.3 is 0 Å². The van der Waals surface area contributed by atoms with Gasteiger partial charge in [0.05, 0.1) is 0 Å². The van der Waals surface area contributed by atoms with E-state index in [9.17, 15) is 0 Å². The average Bonchev–Trinajstić information content (AvgIpc) is 2.18. The second-order valence-electron chi connectivity index (χ2n) is 4.08. The summed E-state index contributed by atoms with van der Waals surface area (Å²) in [5.74, 6) is 1.62. The van der Waals surface area contributed by atoms with E-state index in [-0.39, 0.29) is 0 Å². The quantitative estimate of drug-likeness (QED) is 0.655. The second kappa shape index (κ2) is 3.49. The summed E-state index contributed by atoms with van der Waals surface area (Å²) in [5, 5.41) is 0. The van der Waals surface area contributed by atoms with Crippen molar-refractivity contribution < 1.29 is 4.74 Å². The Morgan fingerprint density at radius 3 is 2.79 bits per heavy atom. The molecule has 0 aromatic heterocycles. The normalized spacial score (nSPS) is 14.0. The van der Waals surface area contributed by atoms with Gasteiger partial charge in [0.2, 0.25) is 0 Å². The molecule has 0 saturated carbocycles. The summed E-state index contributed by atoms with van der Waals surface area (Å²) in [5.41, 5.74) is 3.88. The van der Waals surface area contributed by atoms with Crippen molar-refractivity contribution in [2.24, 2.45) is 0 Å². The molecule has 1 heterocycles. The van der Waals surface area contributed by atoms with Gasteiger partial charge in [-0.05, 0) is 30.0 Å². The maximum atomic E-state index is 5.66. The Balaban J connectivity index is 2.61. The van der Waals surface area contributed by atoms with E-state index in [1.165, 1.54) is 16.7 Å². The number of ether oxygens (including phenoxy) is 1. The molecule has 1 aromatic rings. The van der Waals surface area contributed by atoms with Crippen molar-refractivity contribution in [2.75, 3.05) is 6.61 Å². The lowest BCUT2D eigenvalue weighted by Gasteiger charge is -2.19. The fourth-order valence-electron chi connectivity index (χ4n) is 1.89. The van der Waals surface area contributed by atoms with Crippen molar-refractivity contribution in [1.82, 2.24) is 0 Å². The molecule has 0 unspecified atom stereocenters. The monoisotopic (exact) mass is 188 g/mol. The standard InChI is InChI=1S/C13H16O/c1-9(2)11-7-6-10(3)13-12(11)5-4-8-14-13/h4-7,9H,8H2,1-3H3. The SMILES string of the molecule is Cc1ccc(C(C)C)c2c1OCC=C2. The molecule has 0 saturated heterocycles. The van der Waals surface area contributed by atoms with Gasteiger partial charge in [0, 0.05) is 5.56 Å². The van der Waals surface area contributed by atoms with Crippen LogP contribution in [-0.2, 0) is 0 Å². The molecule has 0 radical (unpaired) electrons. The van der Waals surface area contributed by atoms with Crippen LogP contribution in [0.15, 0.2) is 18.2 Å². The molecule has 0 spiro atoms. The third-order valence-corrected chi connectivity index (χ3v) is 2.66. The van der Waals surface area contributed by atoms with Crippen LogP contribution in [0.4, 0.5) is 0 Å². The van der Waals surface area contributed by atoms with Crippen LogP contribution in [0, 0.1) is 6.92 Å². The van der Waals surface area contributed by atoms with E-state index in [1.807, 2.05) is 0 Å². The molecule has 14 heavy (non-hydrogen) atoms. The molecular weight excluding hydrogens is 172 g/mol. The number of hydrogen-bond acceptors (Lipinski definition) is 1. The Labute approximate surface area is 85.4 Å². The fraction of sp³-hybridized carbons (Fsp3) is 0.385. The molecule has 2 rings (SSSR count). The molecular formula is C13H16O. The average molecular weight is 188 g/mol. The molecule has 0 atom stereocenters. The van der Waals surface area contributed by atoms with Crippen molar-refractivity contribution in [3.63, 3.8) is 0 Å². The Bertz CT molecular complexity index is 375. The maximum Gasteiger partial charge on any atom is 0.130 e. The smallest absolute Gasteiger partial charge is 0.130 e. The zero-order valence-electron chi connectivity index (χ0n) is 9.00. The molecule has 0 amide bonds. The fourth-order valence-corrected chi connectivity index (χ4v) is 1.89. The number of aryl methyl sites for hydroxylation is 1. The van der Waals surface area contributed by atoms with Crippen LogP contribution < -0.4 is 4.74 Å². The highest BCUT2D eigenvalue weighted by Gasteiger charge is 2.14. The third-order valence-electron chi connectivity index (χ3n) is 2.66. The van der Waals surface area contributed by atoms with Crippen molar-refractivity contribution in [1.29, 1.82) is 0 Å². The maximum absolute atomic E-state index is 5.66. The molecule has 0 bridgehead atoms. The minimum atomic E-state index is 0.552. The molecule has 0 aliphatic carbocycles. The van der Waals surface area contributed by atoms with Crippen LogP contribution in [0.25, 0.3) is 6.08 Å². The van der Waals surface area contributed by atoms with E-state index in [0.717, 1.165) is 5.75 Å². The van der Waals surface area contributed by atoms with Gasteiger partial charge in [0.25, 0.3) is 0 Å². The van der Waals surface area contributed by atoms with Crippen LogP contribution >= 0.6 is 0 Å². The zero-order valence-corrected chi connectivity index (χ0v) is 9.00. The van der Waals surface area contributed by atoms with Gasteiger partial charge in [0.1, 0.15) is 12.4 Å². The van der Waals surface area contributed by atoms with Crippen molar-refractivity contribution in [3.8, 4) is 5.75 Å². The predicted octanol–water partition coefficient (Wildman–Crippen LogP) is 3.52. The van der Waals surface area contributed by atoms with Gasteiger partial charge in [-0.2, -0.15) is 0 Å². The van der Waals surface area contributed by atoms with Crippen molar-refractivity contribution in [2.45, 2.75) is 26.7 Å². The number of benzene rings is 1. The molecule has 0 N–H and O–H groups in total. The molecule has 1 aliphatic rings. The predicted molar refractivity (Wildman–Crippen MR) is 59.8 cm³/mol. The summed E-state index contributed by atoms with van der Waals surface area (Å²) in [6.07, 6.45) is 4.26. The molecule has 74 valence electrons. The first-order chi connectivity index (χ1) is 6.70. The minimum absolute atomic E-state index is 0.552. The van der Waals surface area contributed by atoms with Crippen LogP contribution in [0.3, 0.4) is 0 Å². The summed E-state index contributed by atoms with van der Waals surface area (Å²) in [6.45, 7) is 7.23. The van der Waals surface area contributed by atoms with Crippen molar-refractivity contribution in [3.05, 3.63) is 34.9 Å². The highest BCUT2D eigenvalue weighted by molar-refractivity contribution is 5.65. The zero-order chi connectivity index (χ0) is 10.1. The van der Waals surface area contributed by atoms with Crippen LogP contribution in [0.1, 0.15) is 36.5 Å². The van der Waals surface area contributed by atoms with Crippen molar-refractivity contribution >= 4 is 6.08 Å². The van der Waals surface area contributed by atoms with Gasteiger partial charge in [-0.3, -0.25) is 0 Å². The highest BCUT2D eigenvalue weighted by Crippen LogP contribution is 2.34. The van der Waals surface area contributed by atoms with Gasteiger partial charge in [0.15, 0.2) is 0 Å². The molecule has 1 heteroatoms. The van der Waals surface area contributed by atoms with Gasteiger partial charge in [-0.1, -0.05) is 32.1 Å². The lowest BCUT2D eigenvalue weighted by Crippen LogP contribution is -2.05. The lowest BCUT2D eigenvalue weighted by atomic mass is 9.93. The summed E-state index contributed by atoms with van der Waals surface area (Å²) in [7, 11) is 0. The van der Waals surface area contributed by atoms with E-state index < -0.39 is 0 Å². The van der Waals surface area contributed by atoms with E-state index in [0.29, 0.717) is 12.5 Å². The summed E-state index contributed by atoms with van der Waals surface area (Å²) in [6, 6.07) is 4.35. The van der Waals surface area contributed by atoms with E-state index >= 15 is 0 Å². The first kappa shape index (κ1) is 9.32. The van der Waals surface area contributed by atoms with Crippen LogP contribution in [-0.4, -0.2) is 6.61 Å². The topological polar surface area (TPSA) is 9.23 Å². The Morgan fingerprint density at radius 2 is 2.07 bits per heavy atom. The Kier molecular flexibility index (Phi) is 2.32. The summed E-state index contributed by atoms with van der Waals surface area (Å²) in [4.78, 5) is 0. The lowest BCUT2D eigenvalue weighted by molar-refractivity contribution is 0.355. The van der Waals surface area contributed by atoms with Crippen LogP contribution in [0.2, 0.25) is 0 Å². The molecule has 0 fully saturated rings. The largest absolute Gasteiger partial charge is 0.489 e. The molecule has 1 aliphatic heterocycles. The Morgan fingerprint density at radius 1 is 1.29 bits per heavy atom. The third kappa shape index (κ3) is 1.43. The number of fused-ring (bicyclic) bond motifs is 1. The van der Waals surface area contributed by atoms with E-state index in [2.05, 4.69) is 45.1 Å². The number of rotatable bonds is 1. The molecule has 1 nitrogen and oxygen atoms in total. The second-order valence-corrected chi connectivity index (χ2v) is 4.08. The first-order valence-electron chi connectivity index (χ1n) is 5.13. The summed E-state index contributed by atoms with van der Waals surface area (Å²) >= 11 is 0. The minimum Gasteiger partial charge on any atom is -0.489 e. The van der Waals surface area contributed by atoms with Gasteiger partial charge in [-0.25, -0.2) is 0 Å². The van der Waals surface area contributed by atoms with E-state index in [4.69, 9.17) is 4.74 Å². The number of hydrogen-bond donors (Lipinski definition) is 0. The van der Waals surface area contributed by atoms with Gasteiger partial charge < -0.3 is 4.74 Å². The van der Waals surface area contributed by atoms with Crippen LogP contribution in [0.5, 0.6) is 5.75 Å². The molecule has 1 aromatic carbocycles. The van der Waals surface area contributed by atoms with Gasteiger partial charge in [-0.15, -0.1) is 0 Å². The Hall–Kier alpha value is -1.24. The first-order valence-corrected chi connectivity index (χ1v) is 5.13. The highest BCUT2D eigenvalue weighted by atomic mass is 16.5. The van der Waals surface area contributed by atoms with E-state index in [1.54, 1.807) is 0 Å².